The van der Waals surface area contributed by atoms with Crippen molar-refractivity contribution in [1.29, 1.82) is 0 Å². The second-order valence-corrected chi connectivity index (χ2v) is 11.7. The summed E-state index contributed by atoms with van der Waals surface area (Å²) in [5, 5.41) is 7.67. The molecule has 1 unspecified atom stereocenters. The molecule has 2 aromatic carbocycles. The van der Waals surface area contributed by atoms with Crippen molar-refractivity contribution in [2.45, 2.75) is 30.6 Å². The lowest BCUT2D eigenvalue weighted by Crippen LogP contribution is -2.59. The van der Waals surface area contributed by atoms with E-state index in [-0.39, 0.29) is 53.5 Å². The quantitative estimate of drug-likeness (QED) is 0.208. The highest BCUT2D eigenvalue weighted by Crippen LogP contribution is 2.49. The number of benzene rings is 2. The zero-order valence-electron chi connectivity index (χ0n) is 22.2. The van der Waals surface area contributed by atoms with Crippen molar-refractivity contribution in [3.63, 3.8) is 0 Å². The van der Waals surface area contributed by atoms with E-state index in [1.54, 1.807) is 28.0 Å². The monoisotopic (exact) mass is 636 g/mol. The van der Waals surface area contributed by atoms with Gasteiger partial charge < -0.3 is 14.2 Å². The smallest absolute Gasteiger partial charge is 0.349 e. The molecule has 43 heavy (non-hydrogen) atoms. The number of amides is 2. The van der Waals surface area contributed by atoms with E-state index in [0.717, 1.165) is 12.1 Å². The van der Waals surface area contributed by atoms with Gasteiger partial charge in [0.1, 0.15) is 5.69 Å². The van der Waals surface area contributed by atoms with E-state index in [9.17, 15) is 18.4 Å². The topological polar surface area (TPSA) is 105 Å². The lowest BCUT2D eigenvalue weighted by molar-refractivity contribution is -0.129. The van der Waals surface area contributed by atoms with Crippen LogP contribution in [0.15, 0.2) is 53.1 Å². The first kappa shape index (κ1) is 29.2. The summed E-state index contributed by atoms with van der Waals surface area (Å²) in [7, 11) is 0. The first-order valence-corrected chi connectivity index (χ1v) is 13.9. The number of carbonyl (C=O) groups is 2. The molecule has 0 bridgehead atoms. The fourth-order valence-corrected chi connectivity index (χ4v) is 5.55. The molecular formula is C28H22Cl2F4N6O3. The normalized spacial score (nSPS) is 20.0. The van der Waals surface area contributed by atoms with Crippen molar-refractivity contribution < 1.29 is 31.6 Å². The minimum absolute atomic E-state index is 0.0345. The van der Waals surface area contributed by atoms with Crippen molar-refractivity contribution in [3.8, 4) is 0 Å². The van der Waals surface area contributed by atoms with Crippen LogP contribution in [0.1, 0.15) is 46.6 Å². The van der Waals surface area contributed by atoms with Gasteiger partial charge in [-0.2, -0.15) is 8.78 Å². The van der Waals surface area contributed by atoms with Crippen molar-refractivity contribution in [2.75, 3.05) is 26.2 Å². The predicted octanol–water partition coefficient (Wildman–Crippen LogP) is 5.57. The highest BCUT2D eigenvalue weighted by Gasteiger charge is 2.58. The summed E-state index contributed by atoms with van der Waals surface area (Å²) < 4.78 is 58.2. The highest BCUT2D eigenvalue weighted by molar-refractivity contribution is 6.42. The van der Waals surface area contributed by atoms with Gasteiger partial charge in [-0.05, 0) is 24.3 Å². The SMILES string of the molecule is FC1(F)CC1.O=CN1CC2(C1)CN(C(=O)c1cnc3ccccc3n1)CC2c1nnc(C(F)(F)c2ccc(Cl)c(Cl)c2)o1. The van der Waals surface area contributed by atoms with Gasteiger partial charge >= 0.3 is 5.92 Å². The molecule has 4 aromatic rings. The number of halogens is 6. The van der Waals surface area contributed by atoms with E-state index in [1.807, 2.05) is 6.07 Å². The number of fused-ring (bicyclic) bond motifs is 1. The summed E-state index contributed by atoms with van der Waals surface area (Å²) in [5.74, 6) is -7.75. The van der Waals surface area contributed by atoms with Crippen LogP contribution >= 0.6 is 23.2 Å². The van der Waals surface area contributed by atoms with Gasteiger partial charge in [0.05, 0.1) is 33.2 Å². The Bertz CT molecular complexity index is 1710. The molecule has 15 heteroatoms. The summed E-state index contributed by atoms with van der Waals surface area (Å²) in [4.78, 5) is 36.6. The van der Waals surface area contributed by atoms with E-state index in [1.165, 1.54) is 12.3 Å². The van der Waals surface area contributed by atoms with Crippen LogP contribution in [-0.2, 0) is 10.7 Å². The predicted molar refractivity (Wildman–Crippen MR) is 146 cm³/mol. The Balaban J connectivity index is 0.000000599. The van der Waals surface area contributed by atoms with Gasteiger partial charge in [0.2, 0.25) is 18.2 Å². The molecule has 4 heterocycles. The fourth-order valence-electron chi connectivity index (χ4n) is 5.26. The van der Waals surface area contributed by atoms with Gasteiger partial charge in [-0.25, -0.2) is 13.8 Å². The minimum atomic E-state index is -3.63. The molecule has 2 amide bonds. The third-order valence-electron chi connectivity index (χ3n) is 7.71. The maximum absolute atomic E-state index is 15.2. The van der Waals surface area contributed by atoms with Crippen LogP contribution in [-0.4, -0.2) is 74.4 Å². The van der Waals surface area contributed by atoms with Gasteiger partial charge in [0, 0.05) is 50.0 Å². The molecule has 1 spiro atoms. The maximum Gasteiger partial charge on any atom is 0.349 e. The average molecular weight is 637 g/mol. The van der Waals surface area contributed by atoms with Gasteiger partial charge in [-0.3, -0.25) is 14.6 Å². The number of alkyl halides is 4. The summed E-state index contributed by atoms with van der Waals surface area (Å²) in [6.45, 7) is 1.01. The average Bonchev–Trinajstić information content (AvgIpc) is 3.34. The van der Waals surface area contributed by atoms with Crippen LogP contribution in [0.2, 0.25) is 10.0 Å². The molecular weight excluding hydrogens is 615 g/mol. The number of aromatic nitrogens is 4. The van der Waals surface area contributed by atoms with Gasteiger partial charge in [0.25, 0.3) is 11.8 Å². The van der Waals surface area contributed by atoms with Crippen molar-refractivity contribution in [3.05, 3.63) is 81.7 Å². The number of hydrogen-bond acceptors (Lipinski definition) is 7. The Labute approximate surface area is 251 Å². The van der Waals surface area contributed by atoms with Crippen LogP contribution in [0.25, 0.3) is 11.0 Å². The minimum Gasteiger partial charge on any atom is -0.419 e. The van der Waals surface area contributed by atoms with Crippen molar-refractivity contribution >= 4 is 46.6 Å². The van der Waals surface area contributed by atoms with Crippen molar-refractivity contribution in [2.24, 2.45) is 5.41 Å². The molecule has 2 aromatic heterocycles. The van der Waals surface area contributed by atoms with Crippen LogP contribution in [0.3, 0.4) is 0 Å². The third kappa shape index (κ3) is 5.63. The molecule has 0 N–H and O–H groups in total. The Morgan fingerprint density at radius 2 is 1.72 bits per heavy atom. The summed E-state index contributed by atoms with van der Waals surface area (Å²) in [6.07, 6.45) is 2.35. The van der Waals surface area contributed by atoms with E-state index in [2.05, 4.69) is 20.2 Å². The third-order valence-corrected chi connectivity index (χ3v) is 8.44. The number of likely N-dealkylation sites (tertiary alicyclic amines) is 2. The Kier molecular flexibility index (Phi) is 7.28. The van der Waals surface area contributed by atoms with Crippen LogP contribution in [0, 0.1) is 5.41 Å². The molecule has 1 atom stereocenters. The van der Waals surface area contributed by atoms with Gasteiger partial charge in [-0.15, -0.1) is 10.2 Å². The van der Waals surface area contributed by atoms with E-state index in [0.29, 0.717) is 30.5 Å². The van der Waals surface area contributed by atoms with E-state index < -0.39 is 34.6 Å². The Hall–Kier alpha value is -3.84. The van der Waals surface area contributed by atoms with Gasteiger partial charge in [-0.1, -0.05) is 41.4 Å². The number of nitrogens with zero attached hydrogens (tertiary/aromatic N) is 6. The van der Waals surface area contributed by atoms with Crippen LogP contribution in [0.4, 0.5) is 17.6 Å². The second kappa shape index (κ2) is 10.7. The first-order valence-electron chi connectivity index (χ1n) is 13.2. The molecule has 7 rings (SSSR count). The molecule has 224 valence electrons. The summed E-state index contributed by atoms with van der Waals surface area (Å²) in [6, 6.07) is 10.6. The zero-order chi connectivity index (χ0) is 30.6. The van der Waals surface area contributed by atoms with E-state index >= 15 is 8.78 Å². The highest BCUT2D eigenvalue weighted by atomic mass is 35.5. The lowest BCUT2D eigenvalue weighted by atomic mass is 9.72. The van der Waals surface area contributed by atoms with Crippen LogP contribution in [0.5, 0.6) is 0 Å². The summed E-state index contributed by atoms with van der Waals surface area (Å²) in [5.41, 5.74) is 0.310. The molecule has 3 fully saturated rings. The van der Waals surface area contributed by atoms with Crippen molar-refractivity contribution in [1.82, 2.24) is 30.0 Å². The number of rotatable bonds is 5. The van der Waals surface area contributed by atoms with E-state index in [4.69, 9.17) is 27.6 Å². The number of hydrogen-bond donors (Lipinski definition) is 0. The first-order chi connectivity index (χ1) is 20.4. The molecule has 1 aliphatic carbocycles. The standard InChI is InChI=1S/C25H18Cl2F2N6O3.C3H4F2/c26-16-6-5-14(7-17(16)27)25(28,29)23-33-32-21(38-23)15-9-35(12-24(15)10-34(11-24)13-36)22(37)20-8-30-18-3-1-2-4-19(18)31-20;4-3(5)1-2-3/h1-8,13,15H,9-12H2;1-2H2. The molecule has 2 aliphatic heterocycles. The molecule has 1 saturated carbocycles. The molecule has 3 aliphatic rings. The number of carbonyl (C=O) groups excluding carboxylic acids is 2. The molecule has 9 nitrogen and oxygen atoms in total. The summed E-state index contributed by atoms with van der Waals surface area (Å²) >= 11 is 11.8. The second-order valence-electron chi connectivity index (χ2n) is 10.9. The lowest BCUT2D eigenvalue weighted by Gasteiger charge is -2.48. The molecule has 2 saturated heterocycles. The maximum atomic E-state index is 15.2. The fraction of sp³-hybridized carbons (Fsp3) is 0.357. The van der Waals surface area contributed by atoms with Crippen LogP contribution < -0.4 is 0 Å². The Morgan fingerprint density at radius 3 is 2.37 bits per heavy atom. The Morgan fingerprint density at radius 1 is 1.02 bits per heavy atom. The largest absolute Gasteiger partial charge is 0.419 e. The molecule has 0 radical (unpaired) electrons. The number of para-hydroxylation sites is 2. The van der Waals surface area contributed by atoms with Gasteiger partial charge in [0.15, 0.2) is 0 Å². The zero-order valence-corrected chi connectivity index (χ0v) is 23.7.